The fraction of sp³-hybridized carbons (Fsp3) is 0.286. The predicted molar refractivity (Wildman–Crippen MR) is 74.4 cm³/mol. The highest BCUT2D eigenvalue weighted by molar-refractivity contribution is 7.89. The van der Waals surface area contributed by atoms with Gasteiger partial charge in [0.1, 0.15) is 11.6 Å². The van der Waals surface area contributed by atoms with Gasteiger partial charge >= 0.3 is 0 Å². The van der Waals surface area contributed by atoms with Gasteiger partial charge in [-0.15, -0.1) is 0 Å². The van der Waals surface area contributed by atoms with E-state index in [1.165, 1.54) is 13.0 Å². The van der Waals surface area contributed by atoms with Gasteiger partial charge in [0.25, 0.3) is 10.0 Å². The SMILES string of the molecule is Cc1cc(F)ccc1S(=O)(=O)NOCCCc1ccco1. The highest BCUT2D eigenvalue weighted by Gasteiger charge is 2.17. The van der Waals surface area contributed by atoms with Gasteiger partial charge in [0.15, 0.2) is 0 Å². The molecule has 0 saturated heterocycles. The Kier molecular flexibility index (Phi) is 5.11. The van der Waals surface area contributed by atoms with Crippen molar-refractivity contribution < 1.29 is 22.1 Å². The van der Waals surface area contributed by atoms with Crippen molar-refractivity contribution in [1.82, 2.24) is 4.89 Å². The molecule has 1 heterocycles. The lowest BCUT2D eigenvalue weighted by molar-refractivity contribution is 0.0905. The number of hydrogen-bond acceptors (Lipinski definition) is 4. The highest BCUT2D eigenvalue weighted by atomic mass is 32.2. The number of rotatable bonds is 7. The zero-order chi connectivity index (χ0) is 15.3. The number of sulfonamides is 1. The van der Waals surface area contributed by atoms with E-state index < -0.39 is 15.8 Å². The summed E-state index contributed by atoms with van der Waals surface area (Å²) in [4.78, 5) is 6.99. The summed E-state index contributed by atoms with van der Waals surface area (Å²) < 4.78 is 42.1. The Labute approximate surface area is 122 Å². The second-order valence-electron chi connectivity index (χ2n) is 4.53. The second kappa shape index (κ2) is 6.84. The molecule has 0 fully saturated rings. The molecule has 114 valence electrons. The van der Waals surface area contributed by atoms with Crippen LogP contribution in [-0.4, -0.2) is 15.0 Å². The third-order valence-electron chi connectivity index (χ3n) is 2.84. The van der Waals surface area contributed by atoms with E-state index in [9.17, 15) is 12.8 Å². The second-order valence-corrected chi connectivity index (χ2v) is 6.14. The first-order valence-corrected chi connectivity index (χ1v) is 7.89. The van der Waals surface area contributed by atoms with Gasteiger partial charge in [0, 0.05) is 6.42 Å². The molecule has 0 spiro atoms. The summed E-state index contributed by atoms with van der Waals surface area (Å²) in [5.74, 6) is 0.335. The number of halogens is 1. The molecule has 0 amide bonds. The minimum Gasteiger partial charge on any atom is -0.469 e. The largest absolute Gasteiger partial charge is 0.469 e. The van der Waals surface area contributed by atoms with Crippen molar-refractivity contribution in [2.45, 2.75) is 24.7 Å². The molecular formula is C14H16FNO4S. The zero-order valence-corrected chi connectivity index (χ0v) is 12.3. The molecule has 0 aliphatic carbocycles. The molecule has 5 nitrogen and oxygen atoms in total. The van der Waals surface area contributed by atoms with Gasteiger partial charge in [-0.2, -0.15) is 0 Å². The molecule has 0 bridgehead atoms. The summed E-state index contributed by atoms with van der Waals surface area (Å²) in [7, 11) is -3.80. The minimum absolute atomic E-state index is 0.00469. The van der Waals surface area contributed by atoms with Crippen molar-refractivity contribution in [3.05, 3.63) is 53.7 Å². The number of hydrogen-bond donors (Lipinski definition) is 1. The van der Waals surface area contributed by atoms with Crippen LogP contribution in [0.3, 0.4) is 0 Å². The molecular weight excluding hydrogens is 297 g/mol. The molecule has 0 aliphatic rings. The maximum Gasteiger partial charge on any atom is 0.262 e. The normalized spacial score (nSPS) is 11.7. The van der Waals surface area contributed by atoms with E-state index in [-0.39, 0.29) is 11.5 Å². The molecule has 1 N–H and O–H groups in total. The van der Waals surface area contributed by atoms with Crippen molar-refractivity contribution in [2.24, 2.45) is 0 Å². The molecule has 0 radical (unpaired) electrons. The summed E-state index contributed by atoms with van der Waals surface area (Å²) in [6.07, 6.45) is 2.85. The van der Waals surface area contributed by atoms with E-state index in [0.29, 0.717) is 18.4 Å². The predicted octanol–water partition coefficient (Wildman–Crippen LogP) is 2.57. The summed E-state index contributed by atoms with van der Waals surface area (Å²) in [5, 5.41) is 0. The first-order valence-electron chi connectivity index (χ1n) is 6.41. The minimum atomic E-state index is -3.80. The van der Waals surface area contributed by atoms with Crippen molar-refractivity contribution in [1.29, 1.82) is 0 Å². The van der Waals surface area contributed by atoms with Crippen molar-refractivity contribution in [2.75, 3.05) is 6.61 Å². The Bertz CT molecular complexity index is 683. The number of furan rings is 1. The lowest BCUT2D eigenvalue weighted by Crippen LogP contribution is -2.25. The number of benzene rings is 1. The zero-order valence-electron chi connectivity index (χ0n) is 11.5. The van der Waals surface area contributed by atoms with Crippen LogP contribution in [0.1, 0.15) is 17.7 Å². The summed E-state index contributed by atoms with van der Waals surface area (Å²) >= 11 is 0. The van der Waals surface area contributed by atoms with Gasteiger partial charge in [-0.3, -0.25) is 4.84 Å². The van der Waals surface area contributed by atoms with Crippen LogP contribution < -0.4 is 4.89 Å². The Hall–Kier alpha value is -1.70. The van der Waals surface area contributed by atoms with Gasteiger partial charge in [-0.1, -0.05) is 4.89 Å². The lowest BCUT2D eigenvalue weighted by Gasteiger charge is -2.09. The van der Waals surface area contributed by atoms with E-state index in [4.69, 9.17) is 9.25 Å². The first kappa shape index (κ1) is 15.7. The van der Waals surface area contributed by atoms with E-state index in [1.807, 2.05) is 11.0 Å². The third-order valence-corrected chi connectivity index (χ3v) is 4.22. The molecule has 0 unspecified atom stereocenters. The summed E-state index contributed by atoms with van der Waals surface area (Å²) in [6.45, 7) is 1.73. The Morgan fingerprint density at radius 2 is 2.14 bits per heavy atom. The quantitative estimate of drug-likeness (QED) is 0.630. The van der Waals surface area contributed by atoms with Crippen LogP contribution in [0.2, 0.25) is 0 Å². The molecule has 0 aliphatic heterocycles. The maximum absolute atomic E-state index is 13.0. The van der Waals surface area contributed by atoms with Gasteiger partial charge in [0.2, 0.25) is 0 Å². The average Bonchev–Trinajstić information content (AvgIpc) is 2.91. The number of aryl methyl sites for hydroxylation is 2. The van der Waals surface area contributed by atoms with Crippen molar-refractivity contribution in [3.8, 4) is 0 Å². The highest BCUT2D eigenvalue weighted by Crippen LogP contribution is 2.15. The Morgan fingerprint density at radius 1 is 1.33 bits per heavy atom. The molecule has 2 aromatic rings. The molecule has 1 aromatic heterocycles. The van der Waals surface area contributed by atoms with E-state index >= 15 is 0 Å². The van der Waals surface area contributed by atoms with Crippen LogP contribution >= 0.6 is 0 Å². The van der Waals surface area contributed by atoms with Gasteiger partial charge in [-0.05, 0) is 49.2 Å². The molecule has 0 saturated carbocycles. The van der Waals surface area contributed by atoms with E-state index in [1.54, 1.807) is 12.3 Å². The molecule has 2 rings (SSSR count). The molecule has 7 heteroatoms. The number of nitrogens with one attached hydrogen (secondary N) is 1. The Morgan fingerprint density at radius 3 is 2.81 bits per heavy atom. The average molecular weight is 313 g/mol. The summed E-state index contributed by atoms with van der Waals surface area (Å²) in [6, 6.07) is 7.09. The topological polar surface area (TPSA) is 68.5 Å². The van der Waals surface area contributed by atoms with E-state index in [2.05, 4.69) is 0 Å². The van der Waals surface area contributed by atoms with Gasteiger partial charge in [-0.25, -0.2) is 12.8 Å². The van der Waals surface area contributed by atoms with Gasteiger partial charge in [0.05, 0.1) is 17.8 Å². The molecule has 1 aromatic carbocycles. The standard InChI is InChI=1S/C14H16FNO4S/c1-11-10-12(15)6-7-14(11)21(17,18)16-20-9-3-5-13-4-2-8-19-13/h2,4,6-8,10,16H,3,5,9H2,1H3. The van der Waals surface area contributed by atoms with E-state index in [0.717, 1.165) is 17.9 Å². The fourth-order valence-corrected chi connectivity index (χ4v) is 2.91. The monoisotopic (exact) mass is 313 g/mol. The molecule has 0 atom stereocenters. The molecule has 21 heavy (non-hydrogen) atoms. The van der Waals surface area contributed by atoms with Crippen molar-refractivity contribution >= 4 is 10.0 Å². The van der Waals surface area contributed by atoms with Crippen LogP contribution in [0.25, 0.3) is 0 Å². The van der Waals surface area contributed by atoms with Crippen LogP contribution in [0, 0.1) is 12.7 Å². The van der Waals surface area contributed by atoms with Crippen molar-refractivity contribution in [3.63, 3.8) is 0 Å². The third kappa shape index (κ3) is 4.38. The maximum atomic E-state index is 13.0. The fourth-order valence-electron chi connectivity index (χ4n) is 1.85. The van der Waals surface area contributed by atoms with Crippen LogP contribution in [-0.2, 0) is 21.3 Å². The van der Waals surface area contributed by atoms with Crippen LogP contribution in [0.4, 0.5) is 4.39 Å². The lowest BCUT2D eigenvalue weighted by atomic mass is 10.2. The van der Waals surface area contributed by atoms with Crippen LogP contribution in [0.5, 0.6) is 0 Å². The first-order chi connectivity index (χ1) is 9.99. The Balaban J connectivity index is 1.84. The van der Waals surface area contributed by atoms with Gasteiger partial charge < -0.3 is 4.42 Å². The smallest absolute Gasteiger partial charge is 0.262 e. The summed E-state index contributed by atoms with van der Waals surface area (Å²) in [5.41, 5.74) is 0.321. The van der Waals surface area contributed by atoms with Crippen LogP contribution in [0.15, 0.2) is 45.9 Å².